The second kappa shape index (κ2) is 5.83. The van der Waals surface area contributed by atoms with Crippen molar-refractivity contribution in [2.24, 2.45) is 0 Å². The van der Waals surface area contributed by atoms with Gasteiger partial charge in [0.2, 0.25) is 0 Å². The monoisotopic (exact) mass is 306 g/mol. The predicted octanol–water partition coefficient (Wildman–Crippen LogP) is 2.91. The second-order valence-corrected chi connectivity index (χ2v) is 5.93. The molecule has 3 heterocycles. The number of pyridine rings is 1. The Balaban J connectivity index is 1.63. The van der Waals surface area contributed by atoms with E-state index in [4.69, 9.17) is 0 Å². The normalized spacial score (nSPS) is 18.3. The molecule has 3 aromatic rings. The van der Waals surface area contributed by atoms with Gasteiger partial charge in [0, 0.05) is 42.6 Å². The molecule has 2 aromatic heterocycles. The first-order valence-corrected chi connectivity index (χ1v) is 7.93. The Hall–Kier alpha value is -2.69. The van der Waals surface area contributed by atoms with Gasteiger partial charge >= 0.3 is 0 Å². The van der Waals surface area contributed by atoms with Gasteiger partial charge in [0.05, 0.1) is 17.9 Å². The number of likely N-dealkylation sites (tertiary alicyclic amines) is 1. The third-order valence-corrected chi connectivity index (χ3v) is 4.51. The number of fused-ring (bicyclic) bond motifs is 1. The largest absolute Gasteiger partial charge is 0.337 e. The van der Waals surface area contributed by atoms with Crippen molar-refractivity contribution >= 4 is 16.8 Å². The first kappa shape index (κ1) is 13.9. The molecule has 1 fully saturated rings. The summed E-state index contributed by atoms with van der Waals surface area (Å²) < 4.78 is 2.10. The van der Waals surface area contributed by atoms with Crippen molar-refractivity contribution in [3.63, 3.8) is 0 Å². The van der Waals surface area contributed by atoms with E-state index in [2.05, 4.69) is 14.5 Å². The maximum atomic E-state index is 13.0. The molecule has 116 valence electrons. The third kappa shape index (κ3) is 2.59. The molecule has 1 aliphatic heterocycles. The molecule has 0 N–H and O–H groups in total. The molecule has 1 atom stereocenters. The molecule has 0 spiro atoms. The van der Waals surface area contributed by atoms with E-state index in [9.17, 15) is 4.79 Å². The molecule has 5 heteroatoms. The van der Waals surface area contributed by atoms with E-state index in [0.717, 1.165) is 42.4 Å². The third-order valence-electron chi connectivity index (χ3n) is 4.51. The lowest BCUT2D eigenvalue weighted by Gasteiger charge is -2.33. The van der Waals surface area contributed by atoms with E-state index in [1.165, 1.54) is 0 Å². The number of carbonyl (C=O) groups is 1. The first-order chi connectivity index (χ1) is 11.3. The predicted molar refractivity (Wildman–Crippen MR) is 88.1 cm³/mol. The summed E-state index contributed by atoms with van der Waals surface area (Å²) in [6, 6.07) is 9.89. The fourth-order valence-corrected chi connectivity index (χ4v) is 3.33. The minimum absolute atomic E-state index is 0.0911. The minimum Gasteiger partial charge on any atom is -0.337 e. The van der Waals surface area contributed by atoms with Gasteiger partial charge in [0.15, 0.2) is 0 Å². The zero-order valence-corrected chi connectivity index (χ0v) is 12.8. The highest BCUT2D eigenvalue weighted by atomic mass is 16.2. The van der Waals surface area contributed by atoms with Gasteiger partial charge in [0.25, 0.3) is 5.91 Å². The van der Waals surface area contributed by atoms with Crippen molar-refractivity contribution in [1.82, 2.24) is 19.4 Å². The van der Waals surface area contributed by atoms with Crippen molar-refractivity contribution in [1.29, 1.82) is 0 Å². The summed E-state index contributed by atoms with van der Waals surface area (Å²) in [5.41, 5.74) is 1.60. The summed E-state index contributed by atoms with van der Waals surface area (Å²) in [6.45, 7) is 1.53. The van der Waals surface area contributed by atoms with E-state index in [0.29, 0.717) is 6.04 Å². The molecule has 23 heavy (non-hydrogen) atoms. The SMILES string of the molecule is O=C(c1cccc2ncccc12)N1CCC[C@@H](n2ccnc2)C1. The van der Waals surface area contributed by atoms with Crippen LogP contribution in [0.3, 0.4) is 0 Å². The van der Waals surface area contributed by atoms with E-state index >= 15 is 0 Å². The van der Waals surface area contributed by atoms with Crippen molar-refractivity contribution in [3.05, 3.63) is 60.8 Å². The van der Waals surface area contributed by atoms with Gasteiger partial charge in [-0.05, 0) is 31.0 Å². The zero-order chi connectivity index (χ0) is 15.6. The minimum atomic E-state index is 0.0911. The molecule has 1 saturated heterocycles. The maximum absolute atomic E-state index is 13.0. The highest BCUT2D eigenvalue weighted by molar-refractivity contribution is 6.06. The lowest BCUT2D eigenvalue weighted by Crippen LogP contribution is -2.40. The number of amides is 1. The summed E-state index contributed by atoms with van der Waals surface area (Å²) in [5, 5.41) is 0.921. The average Bonchev–Trinajstić information content (AvgIpc) is 3.15. The highest BCUT2D eigenvalue weighted by Gasteiger charge is 2.26. The topological polar surface area (TPSA) is 51.0 Å². The number of imidazole rings is 1. The standard InChI is InChI=1S/C18H18N4O/c23-18(16-5-1-7-17-15(16)6-2-8-20-17)21-10-3-4-14(12-21)22-11-9-19-13-22/h1-2,5-9,11,13-14H,3-4,10,12H2/t14-/m1/s1. The average molecular weight is 306 g/mol. The molecular formula is C18H18N4O. The van der Waals surface area contributed by atoms with Crippen LogP contribution in [0, 0.1) is 0 Å². The summed E-state index contributed by atoms with van der Waals surface area (Å²) in [4.78, 5) is 23.4. The Morgan fingerprint density at radius 2 is 2.13 bits per heavy atom. The number of rotatable bonds is 2. The van der Waals surface area contributed by atoms with Crippen LogP contribution in [0.5, 0.6) is 0 Å². The van der Waals surface area contributed by atoms with E-state index in [1.54, 1.807) is 12.4 Å². The maximum Gasteiger partial charge on any atom is 0.254 e. The Bertz CT molecular complexity index is 823. The van der Waals surface area contributed by atoms with Crippen LogP contribution in [0.2, 0.25) is 0 Å². The zero-order valence-electron chi connectivity index (χ0n) is 12.8. The van der Waals surface area contributed by atoms with Crippen molar-refractivity contribution in [2.45, 2.75) is 18.9 Å². The second-order valence-electron chi connectivity index (χ2n) is 5.93. The van der Waals surface area contributed by atoms with Gasteiger partial charge in [-0.25, -0.2) is 4.98 Å². The fourth-order valence-electron chi connectivity index (χ4n) is 3.33. The van der Waals surface area contributed by atoms with Crippen LogP contribution in [0.1, 0.15) is 29.2 Å². The lowest BCUT2D eigenvalue weighted by molar-refractivity contribution is 0.0681. The van der Waals surface area contributed by atoms with Crippen molar-refractivity contribution < 1.29 is 4.79 Å². The molecule has 5 nitrogen and oxygen atoms in total. The first-order valence-electron chi connectivity index (χ1n) is 7.93. The fraction of sp³-hybridized carbons (Fsp3) is 0.278. The van der Waals surface area contributed by atoms with Crippen molar-refractivity contribution in [2.75, 3.05) is 13.1 Å². The molecule has 0 aliphatic carbocycles. The van der Waals surface area contributed by atoms with E-state index < -0.39 is 0 Å². The Kier molecular flexibility index (Phi) is 3.54. The van der Waals surface area contributed by atoms with Crippen molar-refractivity contribution in [3.8, 4) is 0 Å². The number of benzene rings is 1. The quantitative estimate of drug-likeness (QED) is 0.731. The molecular weight excluding hydrogens is 288 g/mol. The molecule has 0 saturated carbocycles. The number of carbonyl (C=O) groups excluding carboxylic acids is 1. The summed E-state index contributed by atoms with van der Waals surface area (Å²) in [5.74, 6) is 0.0911. The summed E-state index contributed by atoms with van der Waals surface area (Å²) >= 11 is 0. The number of hydrogen-bond donors (Lipinski definition) is 0. The van der Waals surface area contributed by atoms with Gasteiger partial charge in [-0.3, -0.25) is 9.78 Å². The van der Waals surface area contributed by atoms with Gasteiger partial charge in [-0.2, -0.15) is 0 Å². The molecule has 1 aliphatic rings. The van der Waals surface area contributed by atoms with Crippen LogP contribution in [0.15, 0.2) is 55.2 Å². The molecule has 0 bridgehead atoms. The van der Waals surface area contributed by atoms with Crippen LogP contribution in [0.25, 0.3) is 10.9 Å². The Morgan fingerprint density at radius 1 is 1.17 bits per heavy atom. The summed E-state index contributed by atoms with van der Waals surface area (Å²) in [7, 11) is 0. The number of piperidine rings is 1. The number of aromatic nitrogens is 3. The number of hydrogen-bond acceptors (Lipinski definition) is 3. The molecule has 0 unspecified atom stereocenters. The Labute approximate surface area is 134 Å². The van der Waals surface area contributed by atoms with Crippen LogP contribution < -0.4 is 0 Å². The number of nitrogens with zero attached hydrogens (tertiary/aromatic N) is 4. The van der Waals surface area contributed by atoms with E-state index in [1.807, 2.05) is 47.8 Å². The lowest BCUT2D eigenvalue weighted by atomic mass is 10.0. The van der Waals surface area contributed by atoms with Gasteiger partial charge in [-0.15, -0.1) is 0 Å². The smallest absolute Gasteiger partial charge is 0.254 e. The molecule has 1 amide bonds. The molecule has 0 radical (unpaired) electrons. The van der Waals surface area contributed by atoms with Crippen LogP contribution in [-0.4, -0.2) is 38.4 Å². The van der Waals surface area contributed by atoms with Crippen LogP contribution in [-0.2, 0) is 0 Å². The summed E-state index contributed by atoms with van der Waals surface area (Å²) in [6.07, 6.45) is 9.44. The van der Waals surface area contributed by atoms with E-state index in [-0.39, 0.29) is 5.91 Å². The molecule has 4 rings (SSSR count). The molecule has 1 aromatic carbocycles. The van der Waals surface area contributed by atoms with Gasteiger partial charge < -0.3 is 9.47 Å². The van der Waals surface area contributed by atoms with Crippen LogP contribution >= 0.6 is 0 Å². The highest BCUT2D eigenvalue weighted by Crippen LogP contribution is 2.24. The Morgan fingerprint density at radius 3 is 3.00 bits per heavy atom. The van der Waals surface area contributed by atoms with Crippen LogP contribution in [0.4, 0.5) is 0 Å². The van der Waals surface area contributed by atoms with Gasteiger partial charge in [-0.1, -0.05) is 12.1 Å². The van der Waals surface area contributed by atoms with Gasteiger partial charge in [0.1, 0.15) is 0 Å².